The van der Waals surface area contributed by atoms with Crippen molar-refractivity contribution in [2.75, 3.05) is 0 Å². The molecule has 0 saturated heterocycles. The lowest BCUT2D eigenvalue weighted by molar-refractivity contribution is 0.512. The number of rotatable bonds is 2. The number of nitrogens with two attached hydrogens (primary N) is 1. The fourth-order valence-electron chi connectivity index (χ4n) is 0.691. The van der Waals surface area contributed by atoms with E-state index >= 15 is 0 Å². The van der Waals surface area contributed by atoms with Gasteiger partial charge in [0.15, 0.2) is 0 Å². The van der Waals surface area contributed by atoms with Gasteiger partial charge in [-0.2, -0.15) is 0 Å². The molecule has 0 saturated carbocycles. The van der Waals surface area contributed by atoms with Gasteiger partial charge in [0.25, 0.3) is 0 Å². The molecule has 0 aromatic heterocycles. The molecule has 0 fully saturated rings. The summed E-state index contributed by atoms with van der Waals surface area (Å²) in [6.07, 6.45) is 2.78. The first-order valence-corrected chi connectivity index (χ1v) is 3.97. The van der Waals surface area contributed by atoms with Crippen molar-refractivity contribution in [3.05, 3.63) is 0 Å². The van der Waals surface area contributed by atoms with Crippen molar-refractivity contribution >= 4 is 12.4 Å². The van der Waals surface area contributed by atoms with Crippen molar-refractivity contribution in [3.63, 3.8) is 0 Å². The van der Waals surface area contributed by atoms with Crippen LogP contribution in [-0.2, 0) is 0 Å². The summed E-state index contributed by atoms with van der Waals surface area (Å²) < 4.78 is 0. The summed E-state index contributed by atoms with van der Waals surface area (Å²) in [5.74, 6) is 6.09. The molecule has 66 valence electrons. The predicted octanol–water partition coefficient (Wildman–Crippen LogP) is 2.34. The van der Waals surface area contributed by atoms with E-state index in [0.717, 1.165) is 19.3 Å². The molecule has 0 aromatic rings. The fourth-order valence-corrected chi connectivity index (χ4v) is 0.691. The van der Waals surface area contributed by atoms with Crippen molar-refractivity contribution < 1.29 is 0 Å². The summed E-state index contributed by atoms with van der Waals surface area (Å²) in [4.78, 5) is 0. The zero-order valence-corrected chi connectivity index (χ0v) is 8.42. The first-order valence-electron chi connectivity index (χ1n) is 3.97. The largest absolute Gasteiger partial charge is 0.315 e. The normalized spacial score (nSPS) is 9.45. The topological polar surface area (TPSA) is 26.0 Å². The number of halogens is 1. The van der Waals surface area contributed by atoms with Gasteiger partial charge in [0.2, 0.25) is 0 Å². The Bertz CT molecular complexity index is 139. The molecule has 0 aliphatic heterocycles. The Morgan fingerprint density at radius 2 is 1.64 bits per heavy atom. The van der Waals surface area contributed by atoms with Gasteiger partial charge in [0, 0.05) is 6.42 Å². The van der Waals surface area contributed by atoms with Gasteiger partial charge in [-0.05, 0) is 12.8 Å². The Morgan fingerprint density at radius 1 is 1.18 bits per heavy atom. The van der Waals surface area contributed by atoms with E-state index in [1.165, 1.54) is 0 Å². The lowest BCUT2D eigenvalue weighted by Crippen LogP contribution is -2.36. The molecule has 1 nitrogen and oxygen atoms in total. The molecular formula is C9H18ClN. The van der Waals surface area contributed by atoms with Crippen LogP contribution in [-0.4, -0.2) is 5.54 Å². The molecule has 0 spiro atoms. The van der Waals surface area contributed by atoms with Crippen LogP contribution in [0, 0.1) is 11.8 Å². The van der Waals surface area contributed by atoms with E-state index < -0.39 is 0 Å². The SMILES string of the molecule is CCC#CC(N)(CC)CC.Cl. The Morgan fingerprint density at radius 3 is 1.91 bits per heavy atom. The quantitative estimate of drug-likeness (QED) is 0.641. The monoisotopic (exact) mass is 175 g/mol. The van der Waals surface area contributed by atoms with Crippen LogP contribution in [0.4, 0.5) is 0 Å². The second kappa shape index (κ2) is 6.52. The first kappa shape index (κ1) is 13.4. The average Bonchev–Trinajstić information content (AvgIpc) is 2.00. The van der Waals surface area contributed by atoms with Gasteiger partial charge < -0.3 is 5.73 Å². The van der Waals surface area contributed by atoms with E-state index in [9.17, 15) is 0 Å². The summed E-state index contributed by atoms with van der Waals surface area (Å²) in [6, 6.07) is 0. The summed E-state index contributed by atoms with van der Waals surface area (Å²) >= 11 is 0. The predicted molar refractivity (Wildman–Crippen MR) is 52.8 cm³/mol. The Balaban J connectivity index is 0. The van der Waals surface area contributed by atoms with Gasteiger partial charge >= 0.3 is 0 Å². The molecule has 0 atom stereocenters. The number of hydrogen-bond donors (Lipinski definition) is 1. The molecular weight excluding hydrogens is 158 g/mol. The molecule has 11 heavy (non-hydrogen) atoms. The molecule has 0 aliphatic carbocycles. The summed E-state index contributed by atoms with van der Waals surface area (Å²) in [7, 11) is 0. The van der Waals surface area contributed by atoms with E-state index in [0.29, 0.717) is 0 Å². The molecule has 2 heteroatoms. The third kappa shape index (κ3) is 5.12. The Kier molecular flexibility index (Phi) is 7.94. The van der Waals surface area contributed by atoms with Crippen LogP contribution in [0.25, 0.3) is 0 Å². The molecule has 0 heterocycles. The van der Waals surface area contributed by atoms with Crippen molar-refractivity contribution in [2.45, 2.75) is 45.6 Å². The third-order valence-electron chi connectivity index (χ3n) is 1.78. The zero-order chi connectivity index (χ0) is 8.04. The minimum atomic E-state index is -0.226. The highest BCUT2D eigenvalue weighted by molar-refractivity contribution is 5.85. The van der Waals surface area contributed by atoms with Crippen molar-refractivity contribution in [1.82, 2.24) is 0 Å². The molecule has 0 aliphatic rings. The minimum absolute atomic E-state index is 0. The van der Waals surface area contributed by atoms with Crippen LogP contribution in [0.15, 0.2) is 0 Å². The second-order valence-corrected chi connectivity index (χ2v) is 2.52. The number of hydrogen-bond acceptors (Lipinski definition) is 1. The van der Waals surface area contributed by atoms with E-state index in [2.05, 4.69) is 25.7 Å². The zero-order valence-electron chi connectivity index (χ0n) is 7.61. The van der Waals surface area contributed by atoms with Crippen molar-refractivity contribution in [1.29, 1.82) is 0 Å². The van der Waals surface area contributed by atoms with Crippen LogP contribution in [0.5, 0.6) is 0 Å². The third-order valence-corrected chi connectivity index (χ3v) is 1.78. The van der Waals surface area contributed by atoms with Gasteiger partial charge in [-0.1, -0.05) is 26.7 Å². The van der Waals surface area contributed by atoms with Gasteiger partial charge in [0.05, 0.1) is 5.54 Å². The van der Waals surface area contributed by atoms with Gasteiger partial charge in [0.1, 0.15) is 0 Å². The second-order valence-electron chi connectivity index (χ2n) is 2.52. The fraction of sp³-hybridized carbons (Fsp3) is 0.778. The van der Waals surface area contributed by atoms with E-state index in [1.54, 1.807) is 0 Å². The standard InChI is InChI=1S/C9H17N.ClH/c1-4-7-8-9(10,5-2)6-3;/h4-6,10H2,1-3H3;1H. The molecule has 0 amide bonds. The van der Waals surface area contributed by atoms with Gasteiger partial charge in [-0.15, -0.1) is 18.3 Å². The molecule has 0 unspecified atom stereocenters. The van der Waals surface area contributed by atoms with E-state index in [4.69, 9.17) is 5.73 Å². The van der Waals surface area contributed by atoms with Crippen LogP contribution in [0.2, 0.25) is 0 Å². The molecule has 0 bridgehead atoms. The van der Waals surface area contributed by atoms with Crippen LogP contribution in [0.3, 0.4) is 0 Å². The minimum Gasteiger partial charge on any atom is -0.315 e. The highest BCUT2D eigenvalue weighted by atomic mass is 35.5. The summed E-state index contributed by atoms with van der Waals surface area (Å²) in [6.45, 7) is 6.19. The highest BCUT2D eigenvalue weighted by Gasteiger charge is 2.15. The van der Waals surface area contributed by atoms with E-state index in [1.807, 2.05) is 6.92 Å². The Labute approximate surface area is 76.2 Å². The smallest absolute Gasteiger partial charge is 0.0770 e. The van der Waals surface area contributed by atoms with Crippen LogP contribution >= 0.6 is 12.4 Å². The van der Waals surface area contributed by atoms with Crippen molar-refractivity contribution in [2.24, 2.45) is 5.73 Å². The molecule has 0 rings (SSSR count). The molecule has 2 N–H and O–H groups in total. The van der Waals surface area contributed by atoms with Crippen LogP contribution < -0.4 is 5.73 Å². The maximum Gasteiger partial charge on any atom is 0.0770 e. The summed E-state index contributed by atoms with van der Waals surface area (Å²) in [5, 5.41) is 0. The van der Waals surface area contributed by atoms with Gasteiger partial charge in [-0.25, -0.2) is 0 Å². The molecule has 0 aromatic carbocycles. The summed E-state index contributed by atoms with van der Waals surface area (Å²) in [5.41, 5.74) is 5.68. The maximum atomic E-state index is 5.91. The van der Waals surface area contributed by atoms with Crippen molar-refractivity contribution in [3.8, 4) is 11.8 Å². The maximum absolute atomic E-state index is 5.91. The lowest BCUT2D eigenvalue weighted by Gasteiger charge is -2.18. The molecule has 0 radical (unpaired) electrons. The lowest BCUT2D eigenvalue weighted by atomic mass is 9.95. The average molecular weight is 176 g/mol. The van der Waals surface area contributed by atoms with Gasteiger partial charge in [-0.3, -0.25) is 0 Å². The van der Waals surface area contributed by atoms with E-state index in [-0.39, 0.29) is 17.9 Å². The highest BCUT2D eigenvalue weighted by Crippen LogP contribution is 2.08. The first-order chi connectivity index (χ1) is 4.68. The van der Waals surface area contributed by atoms with Crippen LogP contribution in [0.1, 0.15) is 40.0 Å². The Hall–Kier alpha value is -0.190.